The van der Waals surface area contributed by atoms with Gasteiger partial charge in [0.1, 0.15) is 24.2 Å². The molecule has 0 fully saturated rings. The van der Waals surface area contributed by atoms with Gasteiger partial charge in [0, 0.05) is 41.8 Å². The molecule has 0 aliphatic heterocycles. The summed E-state index contributed by atoms with van der Waals surface area (Å²) in [5.74, 6) is -4.76. The maximum atomic E-state index is 13.8. The number of nitrogens with zero attached hydrogens (tertiary/aromatic N) is 1. The van der Waals surface area contributed by atoms with E-state index < -0.39 is 71.8 Å². The lowest BCUT2D eigenvalue weighted by atomic mass is 9.99. The first-order valence-electron chi connectivity index (χ1n) is 15.9. The van der Waals surface area contributed by atoms with E-state index in [1.54, 1.807) is 20.0 Å². The van der Waals surface area contributed by atoms with Crippen molar-refractivity contribution in [3.8, 4) is 0 Å². The van der Waals surface area contributed by atoms with Crippen molar-refractivity contribution in [1.29, 1.82) is 0 Å². The molecule has 4 amide bonds. The Bertz CT molecular complexity index is 1520. The summed E-state index contributed by atoms with van der Waals surface area (Å²) in [6.07, 6.45) is 4.75. The van der Waals surface area contributed by atoms with Gasteiger partial charge < -0.3 is 52.9 Å². The second kappa shape index (κ2) is 17.9. The van der Waals surface area contributed by atoms with Crippen LogP contribution in [0.15, 0.2) is 43.0 Å². The number of nitrogens with one attached hydrogen (secondary N) is 6. The third-order valence-corrected chi connectivity index (χ3v) is 7.94. The number of benzene rings is 1. The first kappa shape index (κ1) is 37.7. The topological polar surface area (TPSA) is 270 Å². The van der Waals surface area contributed by atoms with Crippen molar-refractivity contribution >= 4 is 40.5 Å². The van der Waals surface area contributed by atoms with E-state index >= 15 is 0 Å². The minimum Gasteiger partial charge on any atom is -0.480 e. The van der Waals surface area contributed by atoms with Gasteiger partial charge in [-0.1, -0.05) is 38.5 Å². The number of rotatable bonds is 19. The third-order valence-electron chi connectivity index (χ3n) is 7.94. The van der Waals surface area contributed by atoms with Gasteiger partial charge in [0.05, 0.1) is 18.5 Å². The van der Waals surface area contributed by atoms with Crippen molar-refractivity contribution in [2.24, 2.45) is 17.4 Å². The largest absolute Gasteiger partial charge is 0.480 e. The Labute approximate surface area is 278 Å². The SMILES string of the molecule is CC(C)[C@H](NC(=O)[C@H](Cc1c[nH]c2ccccc12)NC(=O)[C@@H](N)CCCCN)C(=O)N[C@H](C(=O)N[C@@H](Cc1cnc[nH]1)C(=O)O)[C@@H](C)O. The predicted octanol–water partition coefficient (Wildman–Crippen LogP) is -0.807. The molecule has 2 aromatic heterocycles. The Kier molecular flexibility index (Phi) is 14.1. The Morgan fingerprint density at radius 3 is 2.15 bits per heavy atom. The lowest BCUT2D eigenvalue weighted by Crippen LogP contribution is -2.61. The molecule has 262 valence electrons. The summed E-state index contributed by atoms with van der Waals surface area (Å²) >= 11 is 0. The predicted molar refractivity (Wildman–Crippen MR) is 177 cm³/mol. The smallest absolute Gasteiger partial charge is 0.326 e. The molecule has 0 unspecified atom stereocenters. The molecule has 3 aromatic rings. The van der Waals surface area contributed by atoms with Crippen LogP contribution in [-0.2, 0) is 36.8 Å². The fourth-order valence-electron chi connectivity index (χ4n) is 5.16. The lowest BCUT2D eigenvalue weighted by Gasteiger charge is -2.29. The van der Waals surface area contributed by atoms with Gasteiger partial charge in [-0.3, -0.25) is 19.2 Å². The number of amides is 4. The quantitative estimate of drug-likeness (QED) is 0.0709. The van der Waals surface area contributed by atoms with Crippen molar-refractivity contribution in [3.63, 3.8) is 0 Å². The average Bonchev–Trinajstić information content (AvgIpc) is 3.71. The normalized spacial score (nSPS) is 15.1. The number of para-hydroxylation sites is 1. The summed E-state index contributed by atoms with van der Waals surface area (Å²) in [5.41, 5.74) is 13.7. The molecular weight excluding hydrogens is 622 g/mol. The van der Waals surface area contributed by atoms with Gasteiger partial charge >= 0.3 is 5.97 Å². The van der Waals surface area contributed by atoms with E-state index in [1.165, 1.54) is 19.4 Å². The van der Waals surface area contributed by atoms with Crippen LogP contribution in [0.2, 0.25) is 0 Å². The fraction of sp³-hybridized carbons (Fsp3) is 0.500. The Balaban J connectivity index is 1.78. The maximum absolute atomic E-state index is 13.8. The number of carbonyl (C=O) groups is 5. The summed E-state index contributed by atoms with van der Waals surface area (Å²) in [7, 11) is 0. The standard InChI is InChI=1S/C32H47N9O7/c1-17(2)26(30(45)41-27(18(3)42)31(46)39-25(32(47)48)13-20-15-35-16-37-20)40-29(44)24(38-28(43)22(34)9-6-7-11-33)12-19-14-36-23-10-5-4-8-21(19)23/h4-5,8,10,14-18,22,24-27,36,42H,6-7,9,11-13,33-34H2,1-3H3,(H,35,37)(H,38,43)(H,39,46)(H,40,44)(H,41,45)(H,47,48)/t18-,22+,24+,25+,26+,27+/m1/s1. The lowest BCUT2D eigenvalue weighted by molar-refractivity contribution is -0.143. The molecular formula is C32H47N9O7. The molecule has 0 bridgehead atoms. The van der Waals surface area contributed by atoms with Crippen LogP contribution >= 0.6 is 0 Å². The monoisotopic (exact) mass is 669 g/mol. The van der Waals surface area contributed by atoms with E-state index in [4.69, 9.17) is 11.5 Å². The number of aliphatic hydroxyl groups is 1. The highest BCUT2D eigenvalue weighted by molar-refractivity contribution is 5.96. The van der Waals surface area contributed by atoms with E-state index in [2.05, 4.69) is 36.2 Å². The van der Waals surface area contributed by atoms with Gasteiger partial charge in [0.15, 0.2) is 0 Å². The number of aliphatic hydroxyl groups excluding tert-OH is 1. The number of carbonyl (C=O) groups excluding carboxylic acids is 4. The first-order chi connectivity index (χ1) is 22.8. The Morgan fingerprint density at radius 2 is 1.52 bits per heavy atom. The first-order valence-corrected chi connectivity index (χ1v) is 15.9. The summed E-state index contributed by atoms with van der Waals surface area (Å²) in [6.45, 7) is 5.07. The molecule has 16 heteroatoms. The van der Waals surface area contributed by atoms with Gasteiger partial charge in [-0.15, -0.1) is 0 Å². The molecule has 48 heavy (non-hydrogen) atoms. The van der Waals surface area contributed by atoms with Gasteiger partial charge in [-0.05, 0) is 43.9 Å². The highest BCUT2D eigenvalue weighted by atomic mass is 16.4. The highest BCUT2D eigenvalue weighted by Gasteiger charge is 2.35. The summed E-state index contributed by atoms with van der Waals surface area (Å²) in [5, 5.41) is 31.1. The van der Waals surface area contributed by atoms with Gasteiger partial charge in [-0.25, -0.2) is 9.78 Å². The van der Waals surface area contributed by atoms with Crippen LogP contribution in [0.4, 0.5) is 0 Å². The van der Waals surface area contributed by atoms with Crippen molar-refractivity contribution in [2.75, 3.05) is 6.54 Å². The number of aromatic amines is 2. The number of carboxylic acids is 1. The van der Waals surface area contributed by atoms with Crippen molar-refractivity contribution in [1.82, 2.24) is 36.2 Å². The molecule has 12 N–H and O–H groups in total. The molecule has 6 atom stereocenters. The molecule has 1 aromatic carbocycles. The highest BCUT2D eigenvalue weighted by Crippen LogP contribution is 2.19. The van der Waals surface area contributed by atoms with Crippen molar-refractivity contribution in [2.45, 2.75) is 89.2 Å². The number of unbranched alkanes of at least 4 members (excludes halogenated alkanes) is 1. The fourth-order valence-corrected chi connectivity index (χ4v) is 5.16. The number of H-pyrrole nitrogens is 2. The third kappa shape index (κ3) is 10.6. The number of aromatic nitrogens is 3. The van der Waals surface area contributed by atoms with Gasteiger partial charge in [0.25, 0.3) is 0 Å². The molecule has 0 saturated carbocycles. The zero-order valence-corrected chi connectivity index (χ0v) is 27.4. The van der Waals surface area contributed by atoms with Crippen LogP contribution in [0.25, 0.3) is 10.9 Å². The molecule has 0 saturated heterocycles. The van der Waals surface area contributed by atoms with Crippen LogP contribution in [0.1, 0.15) is 51.3 Å². The Morgan fingerprint density at radius 1 is 0.854 bits per heavy atom. The number of hydrogen-bond donors (Lipinski definition) is 10. The van der Waals surface area contributed by atoms with E-state index in [1.807, 2.05) is 24.3 Å². The molecule has 0 aliphatic rings. The molecule has 0 aliphatic carbocycles. The van der Waals surface area contributed by atoms with Crippen LogP contribution in [0.3, 0.4) is 0 Å². The molecule has 16 nitrogen and oxygen atoms in total. The minimum atomic E-state index is -1.55. The number of hydrogen-bond acceptors (Lipinski definition) is 9. The zero-order valence-electron chi connectivity index (χ0n) is 27.4. The second-order valence-corrected chi connectivity index (χ2v) is 12.2. The minimum absolute atomic E-state index is 0.0785. The van der Waals surface area contributed by atoms with Crippen LogP contribution in [-0.4, -0.2) is 97.6 Å². The number of nitrogens with two attached hydrogens (primary N) is 2. The second-order valence-electron chi connectivity index (χ2n) is 12.2. The van der Waals surface area contributed by atoms with Gasteiger partial charge in [-0.2, -0.15) is 0 Å². The average molecular weight is 670 g/mol. The van der Waals surface area contributed by atoms with Crippen LogP contribution in [0.5, 0.6) is 0 Å². The molecule has 0 radical (unpaired) electrons. The number of aliphatic carboxylic acids is 1. The van der Waals surface area contributed by atoms with Gasteiger partial charge in [0.2, 0.25) is 23.6 Å². The summed E-state index contributed by atoms with van der Waals surface area (Å²) in [6, 6.07) is 1.34. The van der Waals surface area contributed by atoms with E-state index in [-0.39, 0.29) is 12.8 Å². The van der Waals surface area contributed by atoms with E-state index in [0.717, 1.165) is 16.5 Å². The molecule has 3 rings (SSSR count). The van der Waals surface area contributed by atoms with E-state index in [9.17, 15) is 34.2 Å². The number of fused-ring (bicyclic) bond motifs is 1. The summed E-state index contributed by atoms with van der Waals surface area (Å²) in [4.78, 5) is 75.1. The zero-order chi connectivity index (χ0) is 35.4. The maximum Gasteiger partial charge on any atom is 0.326 e. The number of carboxylic acid groups (broad SMARTS) is 1. The Hall–Kier alpha value is -4.80. The van der Waals surface area contributed by atoms with Crippen LogP contribution < -0.4 is 32.7 Å². The van der Waals surface area contributed by atoms with Crippen molar-refractivity contribution < 1.29 is 34.2 Å². The summed E-state index contributed by atoms with van der Waals surface area (Å²) < 4.78 is 0. The van der Waals surface area contributed by atoms with E-state index in [0.29, 0.717) is 31.5 Å². The molecule has 2 heterocycles. The van der Waals surface area contributed by atoms with Crippen molar-refractivity contribution in [3.05, 3.63) is 54.2 Å². The number of imidazole rings is 1. The molecule has 0 spiro atoms. The van der Waals surface area contributed by atoms with Crippen LogP contribution in [0, 0.1) is 5.92 Å².